The highest BCUT2D eigenvalue weighted by Crippen LogP contribution is 2.26. The van der Waals surface area contributed by atoms with Gasteiger partial charge in [-0.15, -0.1) is 0 Å². The van der Waals surface area contributed by atoms with Gasteiger partial charge in [0.05, 0.1) is 5.75 Å². The highest BCUT2D eigenvalue weighted by molar-refractivity contribution is 7.83. The van der Waals surface area contributed by atoms with Crippen molar-refractivity contribution in [3.05, 3.63) is 95.8 Å². The molecule has 0 heterocycles. The van der Waals surface area contributed by atoms with Crippen LogP contribution in [0.4, 0.5) is 4.39 Å². The number of para-hydroxylation sites is 2. The standard InChI is InChI=1S/C20H17FO2S/c21-18-9-6-7-16(13-18)14-24(22)15-17-8-4-5-12-20(17)23-19-10-2-1-3-11-19/h1-13H,14-15H2. The highest BCUT2D eigenvalue weighted by atomic mass is 32.2. The van der Waals surface area contributed by atoms with E-state index >= 15 is 0 Å². The smallest absolute Gasteiger partial charge is 0.131 e. The number of hydrogen-bond donors (Lipinski definition) is 0. The van der Waals surface area contributed by atoms with Crippen LogP contribution in [0.1, 0.15) is 11.1 Å². The Morgan fingerprint density at radius 3 is 2.38 bits per heavy atom. The van der Waals surface area contributed by atoms with E-state index in [1.54, 1.807) is 12.1 Å². The molecule has 3 aromatic rings. The van der Waals surface area contributed by atoms with Crippen molar-refractivity contribution in [2.75, 3.05) is 0 Å². The van der Waals surface area contributed by atoms with Gasteiger partial charge in [0.1, 0.15) is 17.3 Å². The molecule has 4 heteroatoms. The Hall–Kier alpha value is -2.46. The molecule has 0 aliphatic heterocycles. The van der Waals surface area contributed by atoms with Gasteiger partial charge in [-0.05, 0) is 35.9 Å². The summed E-state index contributed by atoms with van der Waals surface area (Å²) in [5, 5.41) is 0. The summed E-state index contributed by atoms with van der Waals surface area (Å²) in [4.78, 5) is 0. The first kappa shape index (κ1) is 16.4. The lowest BCUT2D eigenvalue weighted by molar-refractivity contribution is 0.478. The normalized spacial score (nSPS) is 11.9. The Labute approximate surface area is 143 Å². The second kappa shape index (κ2) is 7.88. The molecule has 1 unspecified atom stereocenters. The largest absolute Gasteiger partial charge is 0.457 e. The monoisotopic (exact) mass is 340 g/mol. The molecule has 0 aromatic heterocycles. The van der Waals surface area contributed by atoms with Crippen LogP contribution >= 0.6 is 0 Å². The van der Waals surface area contributed by atoms with E-state index in [0.29, 0.717) is 17.3 Å². The van der Waals surface area contributed by atoms with Gasteiger partial charge in [-0.1, -0.05) is 48.5 Å². The molecule has 122 valence electrons. The zero-order valence-corrected chi connectivity index (χ0v) is 13.8. The molecule has 0 aliphatic rings. The first-order valence-electron chi connectivity index (χ1n) is 7.61. The fourth-order valence-electron chi connectivity index (χ4n) is 2.38. The van der Waals surface area contributed by atoms with Crippen LogP contribution in [-0.4, -0.2) is 4.21 Å². The van der Waals surface area contributed by atoms with E-state index in [-0.39, 0.29) is 5.82 Å². The summed E-state index contributed by atoms with van der Waals surface area (Å²) in [6.07, 6.45) is 0. The molecule has 3 rings (SSSR count). The van der Waals surface area contributed by atoms with E-state index in [0.717, 1.165) is 16.9 Å². The third-order valence-electron chi connectivity index (χ3n) is 3.48. The quantitative estimate of drug-likeness (QED) is 0.626. The van der Waals surface area contributed by atoms with E-state index in [9.17, 15) is 8.60 Å². The first-order valence-corrected chi connectivity index (χ1v) is 9.10. The molecule has 24 heavy (non-hydrogen) atoms. The zero-order chi connectivity index (χ0) is 16.8. The molecular weight excluding hydrogens is 323 g/mol. The van der Waals surface area contributed by atoms with E-state index in [1.807, 2.05) is 54.6 Å². The van der Waals surface area contributed by atoms with Crippen molar-refractivity contribution in [2.24, 2.45) is 0 Å². The number of hydrogen-bond acceptors (Lipinski definition) is 2. The van der Waals surface area contributed by atoms with Crippen molar-refractivity contribution in [3.63, 3.8) is 0 Å². The van der Waals surface area contributed by atoms with Crippen molar-refractivity contribution in [3.8, 4) is 11.5 Å². The van der Waals surface area contributed by atoms with Gasteiger partial charge in [0.15, 0.2) is 0 Å². The lowest BCUT2D eigenvalue weighted by Gasteiger charge is -2.11. The molecule has 0 spiro atoms. The molecule has 1 atom stereocenters. The fraction of sp³-hybridized carbons (Fsp3) is 0.100. The summed E-state index contributed by atoms with van der Waals surface area (Å²) in [6.45, 7) is 0. The number of halogens is 1. The van der Waals surface area contributed by atoms with Gasteiger partial charge in [-0.2, -0.15) is 0 Å². The molecule has 2 nitrogen and oxygen atoms in total. The molecule has 0 saturated carbocycles. The minimum atomic E-state index is -1.15. The maximum absolute atomic E-state index is 13.2. The van der Waals surface area contributed by atoms with Crippen LogP contribution in [0.3, 0.4) is 0 Å². The van der Waals surface area contributed by atoms with Crippen LogP contribution in [0.25, 0.3) is 0 Å². The third-order valence-corrected chi connectivity index (χ3v) is 4.77. The predicted molar refractivity (Wildman–Crippen MR) is 94.9 cm³/mol. The van der Waals surface area contributed by atoms with Crippen molar-refractivity contribution in [1.29, 1.82) is 0 Å². The van der Waals surface area contributed by atoms with Crippen molar-refractivity contribution in [1.82, 2.24) is 0 Å². The summed E-state index contributed by atoms with van der Waals surface area (Å²) >= 11 is 0. The van der Waals surface area contributed by atoms with Gasteiger partial charge in [-0.3, -0.25) is 4.21 Å². The molecule has 0 aliphatic carbocycles. The van der Waals surface area contributed by atoms with Gasteiger partial charge in [0.25, 0.3) is 0 Å². The summed E-state index contributed by atoms with van der Waals surface area (Å²) in [5.74, 6) is 1.80. The molecular formula is C20H17FO2S. The maximum atomic E-state index is 13.2. The van der Waals surface area contributed by atoms with Gasteiger partial charge < -0.3 is 4.74 Å². The Morgan fingerprint density at radius 2 is 1.58 bits per heavy atom. The van der Waals surface area contributed by atoms with Crippen molar-refractivity contribution in [2.45, 2.75) is 11.5 Å². The topological polar surface area (TPSA) is 26.3 Å². The van der Waals surface area contributed by atoms with Crippen molar-refractivity contribution < 1.29 is 13.3 Å². The molecule has 0 radical (unpaired) electrons. The minimum absolute atomic E-state index is 0.308. The maximum Gasteiger partial charge on any atom is 0.131 e. The third kappa shape index (κ3) is 4.52. The van der Waals surface area contributed by atoms with Crippen LogP contribution in [0.5, 0.6) is 11.5 Å². The SMILES string of the molecule is O=S(Cc1cccc(F)c1)Cc1ccccc1Oc1ccccc1. The second-order valence-electron chi connectivity index (χ2n) is 5.38. The summed E-state index contributed by atoms with van der Waals surface area (Å²) in [6, 6.07) is 23.3. The van der Waals surface area contributed by atoms with Gasteiger partial charge in [-0.25, -0.2) is 4.39 Å². The van der Waals surface area contributed by atoms with Crippen LogP contribution < -0.4 is 4.74 Å². The van der Waals surface area contributed by atoms with Gasteiger partial charge >= 0.3 is 0 Å². The summed E-state index contributed by atoms with van der Waals surface area (Å²) in [5.41, 5.74) is 1.60. The molecule has 0 saturated heterocycles. The van der Waals surface area contributed by atoms with Crippen LogP contribution in [-0.2, 0) is 22.3 Å². The van der Waals surface area contributed by atoms with Gasteiger partial charge in [0.2, 0.25) is 0 Å². The number of ether oxygens (including phenoxy) is 1. The molecule has 0 N–H and O–H groups in total. The van der Waals surface area contributed by atoms with Crippen LogP contribution in [0, 0.1) is 5.82 Å². The molecule has 3 aromatic carbocycles. The Morgan fingerprint density at radius 1 is 0.833 bits per heavy atom. The molecule has 0 bridgehead atoms. The number of rotatable bonds is 6. The fourth-order valence-corrected chi connectivity index (χ4v) is 3.61. The highest BCUT2D eigenvalue weighted by Gasteiger charge is 2.09. The van der Waals surface area contributed by atoms with Crippen LogP contribution in [0.15, 0.2) is 78.9 Å². The molecule has 0 amide bonds. The Balaban J connectivity index is 1.72. The van der Waals surface area contributed by atoms with Gasteiger partial charge in [0, 0.05) is 22.1 Å². The van der Waals surface area contributed by atoms with Crippen LogP contribution in [0.2, 0.25) is 0 Å². The summed E-state index contributed by atoms with van der Waals surface area (Å²) < 4.78 is 31.5. The summed E-state index contributed by atoms with van der Waals surface area (Å²) in [7, 11) is -1.15. The van der Waals surface area contributed by atoms with E-state index in [1.165, 1.54) is 12.1 Å². The van der Waals surface area contributed by atoms with E-state index in [4.69, 9.17) is 4.74 Å². The predicted octanol–water partition coefficient (Wildman–Crippen LogP) is 5.07. The lowest BCUT2D eigenvalue weighted by atomic mass is 10.2. The average Bonchev–Trinajstić information content (AvgIpc) is 2.57. The zero-order valence-electron chi connectivity index (χ0n) is 13.0. The van der Waals surface area contributed by atoms with E-state index in [2.05, 4.69) is 0 Å². The first-order chi connectivity index (χ1) is 11.7. The number of benzene rings is 3. The second-order valence-corrected chi connectivity index (χ2v) is 6.84. The Bertz CT molecular complexity index is 834. The lowest BCUT2D eigenvalue weighted by Crippen LogP contribution is -2.01. The van der Waals surface area contributed by atoms with Crippen molar-refractivity contribution >= 4 is 10.8 Å². The molecule has 0 fully saturated rings. The van der Waals surface area contributed by atoms with E-state index < -0.39 is 10.8 Å². The Kier molecular flexibility index (Phi) is 5.39. The minimum Gasteiger partial charge on any atom is -0.457 e. The average molecular weight is 340 g/mol.